The van der Waals surface area contributed by atoms with E-state index < -0.39 is 0 Å². The number of fused-ring (bicyclic) bond motifs is 1. The van der Waals surface area contributed by atoms with Gasteiger partial charge in [-0.2, -0.15) is 0 Å². The number of nitrogens with one attached hydrogen (secondary N) is 3. The average Bonchev–Trinajstić information content (AvgIpc) is 2.65. The predicted molar refractivity (Wildman–Crippen MR) is 73.2 cm³/mol. The van der Waals surface area contributed by atoms with E-state index in [1.165, 1.54) is 0 Å². The summed E-state index contributed by atoms with van der Waals surface area (Å²) in [6.45, 7) is 0.650. The van der Waals surface area contributed by atoms with Crippen LogP contribution in [0.5, 0.6) is 0 Å². The Morgan fingerprint density at radius 3 is 2.94 bits per heavy atom. The quantitative estimate of drug-likeness (QED) is 0.768. The van der Waals surface area contributed by atoms with Gasteiger partial charge in [-0.05, 0) is 30.8 Å². The van der Waals surface area contributed by atoms with Gasteiger partial charge in [0.1, 0.15) is 0 Å². The van der Waals surface area contributed by atoms with Crippen LogP contribution in [0.3, 0.4) is 0 Å². The Hall–Kier alpha value is -1.59. The summed E-state index contributed by atoms with van der Waals surface area (Å²) in [7, 11) is 1.81. The fourth-order valence-corrected chi connectivity index (χ4v) is 1.77. The van der Waals surface area contributed by atoms with E-state index in [0.717, 1.165) is 16.9 Å². The van der Waals surface area contributed by atoms with Crippen molar-refractivity contribution >= 4 is 35.6 Å². The molecule has 1 aliphatic rings. The van der Waals surface area contributed by atoms with E-state index in [1.807, 2.05) is 12.1 Å². The van der Waals surface area contributed by atoms with Crippen LogP contribution in [0.1, 0.15) is 12.0 Å². The number of anilines is 2. The number of amides is 2. The Morgan fingerprint density at radius 2 is 2.22 bits per heavy atom. The molecule has 6 heteroatoms. The van der Waals surface area contributed by atoms with Gasteiger partial charge in [0.15, 0.2) is 0 Å². The number of halogens is 1. The molecule has 0 atom stereocenters. The minimum absolute atomic E-state index is 0. The van der Waals surface area contributed by atoms with Gasteiger partial charge in [0, 0.05) is 24.3 Å². The van der Waals surface area contributed by atoms with Gasteiger partial charge >= 0.3 is 0 Å². The minimum atomic E-state index is -0.0309. The first-order valence-electron chi connectivity index (χ1n) is 5.56. The maximum atomic E-state index is 11.5. The normalized spacial score (nSPS) is 12.4. The second kappa shape index (κ2) is 6.37. The van der Waals surface area contributed by atoms with Crippen molar-refractivity contribution in [3.63, 3.8) is 0 Å². The molecule has 0 bridgehead atoms. The van der Waals surface area contributed by atoms with Crippen molar-refractivity contribution in [1.29, 1.82) is 0 Å². The van der Waals surface area contributed by atoms with Crippen molar-refractivity contribution in [3.05, 3.63) is 23.8 Å². The van der Waals surface area contributed by atoms with Crippen LogP contribution in [-0.4, -0.2) is 25.4 Å². The van der Waals surface area contributed by atoms with E-state index in [9.17, 15) is 9.59 Å². The molecule has 18 heavy (non-hydrogen) atoms. The summed E-state index contributed by atoms with van der Waals surface area (Å²) in [5, 5.41) is 8.47. The predicted octanol–water partition coefficient (Wildman–Crippen LogP) is 1.15. The molecule has 0 spiro atoms. The average molecular weight is 270 g/mol. The zero-order valence-corrected chi connectivity index (χ0v) is 10.9. The van der Waals surface area contributed by atoms with Crippen LogP contribution >= 0.6 is 12.4 Å². The standard InChI is InChI=1S/C12H15N3O2.ClH/c1-13-5-4-11(16)14-9-2-3-10-8(6-9)7-12(17)15-10;/h2-3,6,13H,4-5,7H2,1H3,(H,14,16)(H,15,17);1H. The van der Waals surface area contributed by atoms with E-state index in [0.29, 0.717) is 19.4 Å². The number of hydrogen-bond donors (Lipinski definition) is 3. The summed E-state index contributed by atoms with van der Waals surface area (Å²) in [5.41, 5.74) is 2.51. The van der Waals surface area contributed by atoms with E-state index in [-0.39, 0.29) is 24.2 Å². The summed E-state index contributed by atoms with van der Waals surface area (Å²) in [5.74, 6) is -0.0322. The highest BCUT2D eigenvalue weighted by Gasteiger charge is 2.17. The highest BCUT2D eigenvalue weighted by molar-refractivity contribution is 6.00. The molecule has 0 radical (unpaired) electrons. The minimum Gasteiger partial charge on any atom is -0.326 e. The van der Waals surface area contributed by atoms with Gasteiger partial charge in [0.05, 0.1) is 6.42 Å². The summed E-state index contributed by atoms with van der Waals surface area (Å²) >= 11 is 0. The fraction of sp³-hybridized carbons (Fsp3) is 0.333. The molecule has 2 rings (SSSR count). The van der Waals surface area contributed by atoms with Crippen molar-refractivity contribution in [2.45, 2.75) is 12.8 Å². The van der Waals surface area contributed by atoms with Gasteiger partial charge in [0.2, 0.25) is 11.8 Å². The van der Waals surface area contributed by atoms with Gasteiger partial charge in [0.25, 0.3) is 0 Å². The topological polar surface area (TPSA) is 70.2 Å². The first kappa shape index (κ1) is 14.5. The molecule has 1 heterocycles. The second-order valence-electron chi connectivity index (χ2n) is 4.00. The third-order valence-electron chi connectivity index (χ3n) is 2.62. The molecule has 98 valence electrons. The molecule has 1 aromatic rings. The van der Waals surface area contributed by atoms with Crippen molar-refractivity contribution in [2.24, 2.45) is 0 Å². The van der Waals surface area contributed by atoms with E-state index in [1.54, 1.807) is 13.1 Å². The fourth-order valence-electron chi connectivity index (χ4n) is 1.77. The smallest absolute Gasteiger partial charge is 0.228 e. The lowest BCUT2D eigenvalue weighted by Gasteiger charge is -2.06. The van der Waals surface area contributed by atoms with Crippen molar-refractivity contribution in [1.82, 2.24) is 5.32 Å². The largest absolute Gasteiger partial charge is 0.326 e. The van der Waals surface area contributed by atoms with E-state index >= 15 is 0 Å². The number of hydrogen-bond acceptors (Lipinski definition) is 3. The summed E-state index contributed by atoms with van der Waals surface area (Å²) in [4.78, 5) is 22.7. The zero-order chi connectivity index (χ0) is 12.3. The van der Waals surface area contributed by atoms with Crippen molar-refractivity contribution < 1.29 is 9.59 Å². The Labute approximate surface area is 112 Å². The van der Waals surface area contributed by atoms with Crippen LogP contribution in [-0.2, 0) is 16.0 Å². The summed E-state index contributed by atoms with van der Waals surface area (Å²) in [6.07, 6.45) is 0.820. The summed E-state index contributed by atoms with van der Waals surface area (Å²) in [6, 6.07) is 5.44. The third-order valence-corrected chi connectivity index (χ3v) is 2.62. The molecule has 0 fully saturated rings. The highest BCUT2D eigenvalue weighted by atomic mass is 35.5. The van der Waals surface area contributed by atoms with Crippen LogP contribution in [0.4, 0.5) is 11.4 Å². The molecule has 5 nitrogen and oxygen atoms in total. The van der Waals surface area contributed by atoms with Crippen LogP contribution < -0.4 is 16.0 Å². The van der Waals surface area contributed by atoms with Crippen LogP contribution in [0.15, 0.2) is 18.2 Å². The Morgan fingerprint density at radius 1 is 1.44 bits per heavy atom. The maximum Gasteiger partial charge on any atom is 0.228 e. The molecule has 0 saturated heterocycles. The molecule has 0 saturated carbocycles. The zero-order valence-electron chi connectivity index (χ0n) is 10.1. The first-order chi connectivity index (χ1) is 8.19. The third kappa shape index (κ3) is 3.45. The SMILES string of the molecule is CNCCC(=O)Nc1ccc2c(c1)CC(=O)N2.Cl. The molecular weight excluding hydrogens is 254 g/mol. The number of rotatable bonds is 4. The molecular formula is C12H16ClN3O2. The van der Waals surface area contributed by atoms with Crippen LogP contribution in [0.25, 0.3) is 0 Å². The van der Waals surface area contributed by atoms with Gasteiger partial charge < -0.3 is 16.0 Å². The van der Waals surface area contributed by atoms with Crippen molar-refractivity contribution in [3.8, 4) is 0 Å². The Balaban J connectivity index is 0.00000162. The Kier molecular flexibility index (Phi) is 5.12. The summed E-state index contributed by atoms with van der Waals surface area (Å²) < 4.78 is 0. The second-order valence-corrected chi connectivity index (χ2v) is 4.00. The lowest BCUT2D eigenvalue weighted by atomic mass is 10.1. The maximum absolute atomic E-state index is 11.5. The Bertz CT molecular complexity index is 463. The van der Waals surface area contributed by atoms with Crippen molar-refractivity contribution in [2.75, 3.05) is 24.2 Å². The number of carbonyl (C=O) groups excluding carboxylic acids is 2. The molecule has 3 N–H and O–H groups in total. The van der Waals surface area contributed by atoms with E-state index in [2.05, 4.69) is 16.0 Å². The lowest BCUT2D eigenvalue weighted by molar-refractivity contribution is -0.116. The number of benzene rings is 1. The van der Waals surface area contributed by atoms with Gasteiger partial charge in [-0.1, -0.05) is 0 Å². The molecule has 0 aliphatic carbocycles. The monoisotopic (exact) mass is 269 g/mol. The molecule has 1 aliphatic heterocycles. The molecule has 2 amide bonds. The first-order valence-corrected chi connectivity index (χ1v) is 5.56. The van der Waals surface area contributed by atoms with Crippen LogP contribution in [0, 0.1) is 0 Å². The lowest BCUT2D eigenvalue weighted by Crippen LogP contribution is -2.18. The highest BCUT2D eigenvalue weighted by Crippen LogP contribution is 2.25. The number of carbonyl (C=O) groups is 2. The van der Waals surface area contributed by atoms with Gasteiger partial charge in [-0.3, -0.25) is 9.59 Å². The molecule has 1 aromatic carbocycles. The molecule has 0 aromatic heterocycles. The molecule has 0 unspecified atom stereocenters. The van der Waals surface area contributed by atoms with E-state index in [4.69, 9.17) is 0 Å². The van der Waals surface area contributed by atoms with Gasteiger partial charge in [-0.15, -0.1) is 12.4 Å². The van der Waals surface area contributed by atoms with Gasteiger partial charge in [-0.25, -0.2) is 0 Å². The van der Waals surface area contributed by atoms with Crippen LogP contribution in [0.2, 0.25) is 0 Å².